The summed E-state index contributed by atoms with van der Waals surface area (Å²) in [5.74, 6) is -0.248. The lowest BCUT2D eigenvalue weighted by atomic mass is 10.2. The van der Waals surface area contributed by atoms with E-state index in [0.29, 0.717) is 11.1 Å². The van der Waals surface area contributed by atoms with Crippen molar-refractivity contribution >= 4 is 10.0 Å². The van der Waals surface area contributed by atoms with Gasteiger partial charge in [0.1, 0.15) is 0 Å². The number of hydrogen-bond donors (Lipinski definition) is 2. The molecule has 7 heteroatoms. The summed E-state index contributed by atoms with van der Waals surface area (Å²) in [5, 5.41) is 27.5. The van der Waals surface area contributed by atoms with E-state index in [4.69, 9.17) is 5.26 Å². The highest BCUT2D eigenvalue weighted by atomic mass is 32.2. The van der Waals surface area contributed by atoms with Crippen LogP contribution in [-0.4, -0.2) is 48.2 Å². The predicted octanol–water partition coefficient (Wildman–Crippen LogP) is -0.575. The summed E-state index contributed by atoms with van der Waals surface area (Å²) in [7, 11) is -3.60. The molecule has 1 heterocycles. The molecule has 1 aliphatic rings. The number of sulfonamides is 1. The SMILES string of the molecule is N#Cc1cccc(CS(=O)(=O)N2CC(O)C(O)C2)c1. The normalized spacial score (nSPS) is 24.3. The Morgan fingerprint density at radius 2 is 1.95 bits per heavy atom. The monoisotopic (exact) mass is 282 g/mol. The van der Waals surface area contributed by atoms with Crippen LogP contribution in [0.25, 0.3) is 0 Å². The molecule has 0 spiro atoms. The van der Waals surface area contributed by atoms with Crippen LogP contribution in [-0.2, 0) is 15.8 Å². The molecule has 6 nitrogen and oxygen atoms in total. The van der Waals surface area contributed by atoms with Crippen LogP contribution < -0.4 is 0 Å². The van der Waals surface area contributed by atoms with Crippen LogP contribution in [0, 0.1) is 11.3 Å². The Labute approximate surface area is 111 Å². The van der Waals surface area contributed by atoms with E-state index in [-0.39, 0.29) is 18.8 Å². The van der Waals surface area contributed by atoms with Crippen molar-refractivity contribution in [3.63, 3.8) is 0 Å². The quantitative estimate of drug-likeness (QED) is 0.772. The van der Waals surface area contributed by atoms with Crippen LogP contribution >= 0.6 is 0 Å². The molecule has 0 amide bonds. The van der Waals surface area contributed by atoms with Crippen LogP contribution in [0.15, 0.2) is 24.3 Å². The van der Waals surface area contributed by atoms with E-state index in [1.165, 1.54) is 6.07 Å². The molecular weight excluding hydrogens is 268 g/mol. The molecule has 2 atom stereocenters. The summed E-state index contributed by atoms with van der Waals surface area (Å²) >= 11 is 0. The van der Waals surface area contributed by atoms with Crippen molar-refractivity contribution in [1.29, 1.82) is 5.26 Å². The Morgan fingerprint density at radius 1 is 1.32 bits per heavy atom. The summed E-state index contributed by atoms with van der Waals surface area (Å²) in [6, 6.07) is 8.31. The summed E-state index contributed by atoms with van der Waals surface area (Å²) in [6.07, 6.45) is -2.08. The molecule has 1 aromatic carbocycles. The van der Waals surface area contributed by atoms with Crippen molar-refractivity contribution in [1.82, 2.24) is 4.31 Å². The Hall–Kier alpha value is -1.46. The summed E-state index contributed by atoms with van der Waals surface area (Å²) in [4.78, 5) is 0. The number of hydrogen-bond acceptors (Lipinski definition) is 5. The zero-order chi connectivity index (χ0) is 14.0. The number of aliphatic hydroxyl groups excluding tert-OH is 2. The minimum absolute atomic E-state index is 0.0958. The van der Waals surface area contributed by atoms with Gasteiger partial charge in [0.15, 0.2) is 0 Å². The second-order valence-corrected chi connectivity index (χ2v) is 6.49. The van der Waals surface area contributed by atoms with Crippen molar-refractivity contribution in [3.8, 4) is 6.07 Å². The third-order valence-corrected chi connectivity index (χ3v) is 4.81. The van der Waals surface area contributed by atoms with Gasteiger partial charge in [-0.25, -0.2) is 8.42 Å². The Kier molecular flexibility index (Phi) is 3.87. The second kappa shape index (κ2) is 5.27. The van der Waals surface area contributed by atoms with Crippen LogP contribution in [0.5, 0.6) is 0 Å². The maximum atomic E-state index is 12.1. The molecule has 0 saturated carbocycles. The number of rotatable bonds is 3. The summed E-state index contributed by atoms with van der Waals surface area (Å²) in [6.45, 7) is -0.192. The molecule has 2 rings (SSSR count). The highest BCUT2D eigenvalue weighted by Gasteiger charge is 2.36. The zero-order valence-electron chi connectivity index (χ0n) is 10.1. The first-order valence-corrected chi connectivity index (χ1v) is 7.36. The lowest BCUT2D eigenvalue weighted by Crippen LogP contribution is -2.31. The third-order valence-electron chi connectivity index (χ3n) is 3.02. The van der Waals surface area contributed by atoms with Gasteiger partial charge in [-0.3, -0.25) is 0 Å². The molecule has 0 aromatic heterocycles. The number of nitriles is 1. The first-order valence-electron chi connectivity index (χ1n) is 5.75. The van der Waals surface area contributed by atoms with Gasteiger partial charge in [0.05, 0.1) is 29.6 Å². The average Bonchev–Trinajstić information content (AvgIpc) is 2.70. The van der Waals surface area contributed by atoms with Crippen molar-refractivity contribution in [2.75, 3.05) is 13.1 Å². The third kappa shape index (κ3) is 3.11. The van der Waals surface area contributed by atoms with Gasteiger partial charge in [-0.05, 0) is 17.7 Å². The van der Waals surface area contributed by atoms with Crippen LogP contribution in [0.4, 0.5) is 0 Å². The molecule has 1 aromatic rings. The molecule has 1 fully saturated rings. The van der Waals surface area contributed by atoms with E-state index in [1.54, 1.807) is 18.2 Å². The molecule has 2 unspecified atom stereocenters. The Morgan fingerprint density at radius 3 is 2.53 bits per heavy atom. The largest absolute Gasteiger partial charge is 0.389 e. The molecular formula is C12H14N2O4S. The van der Waals surface area contributed by atoms with Gasteiger partial charge in [0, 0.05) is 13.1 Å². The van der Waals surface area contributed by atoms with Crippen LogP contribution in [0.2, 0.25) is 0 Å². The van der Waals surface area contributed by atoms with Gasteiger partial charge in [-0.15, -0.1) is 0 Å². The van der Waals surface area contributed by atoms with E-state index in [1.807, 2.05) is 6.07 Å². The minimum atomic E-state index is -3.60. The molecule has 19 heavy (non-hydrogen) atoms. The van der Waals surface area contributed by atoms with E-state index in [9.17, 15) is 18.6 Å². The second-order valence-electron chi connectivity index (χ2n) is 4.52. The summed E-state index contributed by atoms with van der Waals surface area (Å²) in [5.41, 5.74) is 0.907. The standard InChI is InChI=1S/C12H14N2O4S/c13-5-9-2-1-3-10(4-9)8-19(17,18)14-6-11(15)12(16)7-14/h1-4,11-12,15-16H,6-8H2. The molecule has 102 valence electrons. The molecule has 1 aliphatic heterocycles. The number of aliphatic hydroxyl groups is 2. The minimum Gasteiger partial charge on any atom is -0.389 e. The first kappa shape index (κ1) is 14.0. The van der Waals surface area contributed by atoms with Gasteiger partial charge in [-0.2, -0.15) is 9.57 Å². The average molecular weight is 282 g/mol. The van der Waals surface area contributed by atoms with Gasteiger partial charge >= 0.3 is 0 Å². The van der Waals surface area contributed by atoms with Gasteiger partial charge in [-0.1, -0.05) is 12.1 Å². The molecule has 0 bridgehead atoms. The van der Waals surface area contributed by atoms with E-state index >= 15 is 0 Å². The first-order chi connectivity index (χ1) is 8.92. The highest BCUT2D eigenvalue weighted by molar-refractivity contribution is 7.88. The smallest absolute Gasteiger partial charge is 0.218 e. The molecule has 0 aliphatic carbocycles. The van der Waals surface area contributed by atoms with Crippen molar-refractivity contribution < 1.29 is 18.6 Å². The fourth-order valence-corrected chi connectivity index (χ4v) is 3.54. The number of benzene rings is 1. The maximum absolute atomic E-state index is 12.1. The number of β-amino-alcohol motifs (C(OH)–C–C–N with tert-alkyl or cyclic N) is 2. The lowest BCUT2D eigenvalue weighted by Gasteiger charge is -2.15. The van der Waals surface area contributed by atoms with Crippen molar-refractivity contribution in [2.45, 2.75) is 18.0 Å². The Balaban J connectivity index is 2.16. The fourth-order valence-electron chi connectivity index (χ4n) is 1.99. The molecule has 2 N–H and O–H groups in total. The molecule has 0 radical (unpaired) electrons. The highest BCUT2D eigenvalue weighted by Crippen LogP contribution is 2.18. The zero-order valence-corrected chi connectivity index (χ0v) is 10.9. The lowest BCUT2D eigenvalue weighted by molar-refractivity contribution is 0.0572. The van der Waals surface area contributed by atoms with E-state index < -0.39 is 22.2 Å². The van der Waals surface area contributed by atoms with Gasteiger partial charge in [0.2, 0.25) is 10.0 Å². The van der Waals surface area contributed by atoms with E-state index in [2.05, 4.69) is 0 Å². The fraction of sp³-hybridized carbons (Fsp3) is 0.417. The molecule has 1 saturated heterocycles. The van der Waals surface area contributed by atoms with Gasteiger partial charge in [0.25, 0.3) is 0 Å². The summed E-state index contributed by atoms with van der Waals surface area (Å²) < 4.78 is 25.3. The topological polar surface area (TPSA) is 102 Å². The van der Waals surface area contributed by atoms with Crippen molar-refractivity contribution in [3.05, 3.63) is 35.4 Å². The van der Waals surface area contributed by atoms with Crippen molar-refractivity contribution in [2.24, 2.45) is 0 Å². The number of nitrogens with zero attached hydrogens (tertiary/aromatic N) is 2. The predicted molar refractivity (Wildman–Crippen MR) is 67.4 cm³/mol. The van der Waals surface area contributed by atoms with Crippen LogP contribution in [0.1, 0.15) is 11.1 Å². The maximum Gasteiger partial charge on any atom is 0.218 e. The Bertz CT molecular complexity index is 598. The van der Waals surface area contributed by atoms with E-state index in [0.717, 1.165) is 4.31 Å². The van der Waals surface area contributed by atoms with Gasteiger partial charge < -0.3 is 10.2 Å². The van der Waals surface area contributed by atoms with Crippen LogP contribution in [0.3, 0.4) is 0 Å².